The number of aromatic nitrogens is 2. The smallest absolute Gasteiger partial charge is 0.332 e. The lowest BCUT2D eigenvalue weighted by molar-refractivity contribution is -0.122. The molecule has 1 aromatic heterocycles. The van der Waals surface area contributed by atoms with E-state index in [1.165, 1.54) is 16.7 Å². The van der Waals surface area contributed by atoms with E-state index in [2.05, 4.69) is 37.9 Å². The molecule has 4 amide bonds. The Bertz CT molecular complexity index is 1210. The van der Waals surface area contributed by atoms with Gasteiger partial charge in [0.15, 0.2) is 5.82 Å². The van der Waals surface area contributed by atoms with Crippen LogP contribution in [0.1, 0.15) is 53.6 Å². The van der Waals surface area contributed by atoms with Crippen LogP contribution in [0.3, 0.4) is 0 Å². The zero-order valence-electron chi connectivity index (χ0n) is 22.3. The maximum absolute atomic E-state index is 13.4. The van der Waals surface area contributed by atoms with Crippen LogP contribution in [-0.4, -0.2) is 58.1 Å². The number of aryl methyl sites for hydroxylation is 2. The van der Waals surface area contributed by atoms with E-state index >= 15 is 0 Å². The Kier molecular flexibility index (Phi) is 11.7. The fraction of sp³-hybridized carbons (Fsp3) is 0.345. The predicted octanol–water partition coefficient (Wildman–Crippen LogP) is 3.21. The molecule has 0 saturated heterocycles. The minimum Gasteiger partial charge on any atom is -0.350 e. The molecule has 3 aromatic rings. The summed E-state index contributed by atoms with van der Waals surface area (Å²) in [5, 5.41) is 6.64. The average Bonchev–Trinajstić information content (AvgIpc) is 3.40. The number of hydrazone groups is 1. The van der Waals surface area contributed by atoms with E-state index in [1.54, 1.807) is 6.20 Å². The topological polar surface area (TPSA) is 146 Å². The van der Waals surface area contributed by atoms with Crippen molar-refractivity contribution >= 4 is 24.1 Å². The monoisotopic (exact) mass is 531 g/mol. The Labute approximate surface area is 229 Å². The van der Waals surface area contributed by atoms with Crippen LogP contribution in [0.15, 0.2) is 72.0 Å². The molecule has 10 heteroatoms. The molecule has 5 N–H and O–H groups in total. The largest absolute Gasteiger partial charge is 0.350 e. The fourth-order valence-corrected chi connectivity index (χ4v) is 4.14. The van der Waals surface area contributed by atoms with Crippen LogP contribution in [0, 0.1) is 0 Å². The van der Waals surface area contributed by atoms with Crippen molar-refractivity contribution in [2.45, 2.75) is 51.5 Å². The average molecular weight is 532 g/mol. The van der Waals surface area contributed by atoms with E-state index in [0.717, 1.165) is 36.9 Å². The van der Waals surface area contributed by atoms with Gasteiger partial charge in [0.2, 0.25) is 5.91 Å². The molecule has 0 radical (unpaired) electrons. The number of nitrogens with zero attached hydrogens (tertiary/aromatic N) is 3. The molecule has 206 valence electrons. The molecule has 39 heavy (non-hydrogen) atoms. The summed E-state index contributed by atoms with van der Waals surface area (Å²) in [6.07, 6.45) is 7.71. The highest BCUT2D eigenvalue weighted by atomic mass is 16.2. The maximum Gasteiger partial charge on any atom is 0.332 e. The molecule has 10 nitrogen and oxygen atoms in total. The molecule has 0 spiro atoms. The van der Waals surface area contributed by atoms with Crippen LogP contribution < -0.4 is 16.5 Å². The van der Waals surface area contributed by atoms with Crippen LogP contribution in [-0.2, 0) is 24.1 Å². The molecule has 0 aliphatic carbocycles. The summed E-state index contributed by atoms with van der Waals surface area (Å²) in [7, 11) is 0. The van der Waals surface area contributed by atoms with E-state index in [1.807, 2.05) is 55.5 Å². The second-order valence-corrected chi connectivity index (χ2v) is 9.28. The first-order valence-electron chi connectivity index (χ1n) is 13.2. The second kappa shape index (κ2) is 15.7. The maximum atomic E-state index is 13.4. The molecule has 2 aromatic carbocycles. The molecule has 0 fully saturated rings. The van der Waals surface area contributed by atoms with Crippen molar-refractivity contribution in [2.24, 2.45) is 10.8 Å². The van der Waals surface area contributed by atoms with Gasteiger partial charge in [0.25, 0.3) is 5.91 Å². The van der Waals surface area contributed by atoms with Crippen LogP contribution in [0.25, 0.3) is 0 Å². The molecular weight excluding hydrogens is 494 g/mol. The Morgan fingerprint density at radius 3 is 2.33 bits per heavy atom. The molecule has 1 heterocycles. The van der Waals surface area contributed by atoms with Crippen molar-refractivity contribution in [3.63, 3.8) is 0 Å². The number of nitrogens with two attached hydrogens (primary N) is 1. The van der Waals surface area contributed by atoms with Gasteiger partial charge in [-0.15, -0.1) is 0 Å². The number of hydrogen-bond donors (Lipinski definition) is 4. The number of H-pyrrole nitrogens is 1. The number of amides is 4. The lowest BCUT2D eigenvalue weighted by Gasteiger charge is -2.23. The lowest BCUT2D eigenvalue weighted by atomic mass is 10.1. The Balaban J connectivity index is 1.64. The molecule has 0 aliphatic heterocycles. The molecular formula is C29H37N7O3. The zero-order valence-corrected chi connectivity index (χ0v) is 22.3. The van der Waals surface area contributed by atoms with E-state index in [4.69, 9.17) is 5.73 Å². The lowest BCUT2D eigenvalue weighted by Crippen LogP contribution is -2.45. The van der Waals surface area contributed by atoms with Gasteiger partial charge in [-0.1, -0.05) is 74.0 Å². The normalized spacial score (nSPS) is 11.7. The predicted molar refractivity (Wildman–Crippen MR) is 151 cm³/mol. The zero-order chi connectivity index (χ0) is 27.9. The molecule has 0 bridgehead atoms. The van der Waals surface area contributed by atoms with Crippen LogP contribution >= 0.6 is 0 Å². The number of hydrogen-bond acceptors (Lipinski definition) is 5. The third kappa shape index (κ3) is 10.4. The van der Waals surface area contributed by atoms with Gasteiger partial charge in [-0.05, 0) is 43.2 Å². The van der Waals surface area contributed by atoms with Crippen molar-refractivity contribution in [3.05, 3.63) is 89.5 Å². The summed E-state index contributed by atoms with van der Waals surface area (Å²) < 4.78 is 0. The highest BCUT2D eigenvalue weighted by Gasteiger charge is 2.22. The van der Waals surface area contributed by atoms with Gasteiger partial charge in [-0.25, -0.2) is 15.2 Å². The fourth-order valence-electron chi connectivity index (χ4n) is 4.14. The third-order valence-corrected chi connectivity index (χ3v) is 6.10. The number of imidazole rings is 1. The highest BCUT2D eigenvalue weighted by Crippen LogP contribution is 2.10. The van der Waals surface area contributed by atoms with Crippen molar-refractivity contribution in [1.82, 2.24) is 25.6 Å². The third-order valence-electron chi connectivity index (χ3n) is 6.10. The van der Waals surface area contributed by atoms with Gasteiger partial charge in [0, 0.05) is 24.7 Å². The van der Waals surface area contributed by atoms with Gasteiger partial charge >= 0.3 is 6.03 Å². The van der Waals surface area contributed by atoms with E-state index in [0.29, 0.717) is 19.4 Å². The second-order valence-electron chi connectivity index (χ2n) is 9.28. The summed E-state index contributed by atoms with van der Waals surface area (Å²) in [6.45, 7) is 2.17. The SMILES string of the molecule is CCC[C@@H](/C=N\NC(N)=O)NC(=O)CN(CCc1ccccc1)C(=O)c1ncc(CCCc2ccccc2)[nH]1. The van der Waals surface area contributed by atoms with Crippen molar-refractivity contribution < 1.29 is 14.4 Å². The molecule has 1 atom stereocenters. The highest BCUT2D eigenvalue weighted by molar-refractivity contribution is 5.94. The molecule has 0 unspecified atom stereocenters. The summed E-state index contributed by atoms with van der Waals surface area (Å²) in [5.74, 6) is -0.468. The van der Waals surface area contributed by atoms with Crippen LogP contribution in [0.4, 0.5) is 4.79 Å². The molecule has 0 saturated carbocycles. The Morgan fingerprint density at radius 2 is 1.69 bits per heavy atom. The van der Waals surface area contributed by atoms with E-state index < -0.39 is 12.1 Å². The number of carbonyl (C=O) groups is 3. The Morgan fingerprint density at radius 1 is 1.03 bits per heavy atom. The van der Waals surface area contributed by atoms with Gasteiger partial charge in [-0.2, -0.15) is 5.10 Å². The molecule has 0 aliphatic rings. The van der Waals surface area contributed by atoms with Crippen molar-refractivity contribution in [3.8, 4) is 0 Å². The molecule has 3 rings (SSSR count). The first kappa shape index (κ1) is 29.1. The van der Waals surface area contributed by atoms with Gasteiger partial charge in [0.05, 0.1) is 12.6 Å². The standard InChI is InChI=1S/C29H37N7O3/c1-2-10-24(20-32-35-29(30)39)33-26(37)21-36(18-17-23-13-7-4-8-14-23)28(38)27-31-19-25(34-27)16-9-15-22-11-5-3-6-12-22/h3-8,11-14,19-20,24H,2,9-10,15-18,21H2,1H3,(H,31,34)(H,33,37)(H3,30,35,39)/b32-20-/t24-/m0/s1. The van der Waals surface area contributed by atoms with Crippen LogP contribution in [0.2, 0.25) is 0 Å². The number of carbonyl (C=O) groups excluding carboxylic acids is 3. The van der Waals surface area contributed by atoms with Crippen molar-refractivity contribution in [1.29, 1.82) is 0 Å². The van der Waals surface area contributed by atoms with Gasteiger partial charge < -0.3 is 20.9 Å². The summed E-state index contributed by atoms with van der Waals surface area (Å²) >= 11 is 0. The summed E-state index contributed by atoms with van der Waals surface area (Å²) in [6, 6.07) is 18.8. The summed E-state index contributed by atoms with van der Waals surface area (Å²) in [4.78, 5) is 46.2. The van der Waals surface area contributed by atoms with Crippen molar-refractivity contribution in [2.75, 3.05) is 13.1 Å². The number of urea groups is 1. The number of benzene rings is 2. The minimum atomic E-state index is -0.789. The number of aromatic amines is 1. The van der Waals surface area contributed by atoms with E-state index in [9.17, 15) is 14.4 Å². The number of nitrogens with one attached hydrogen (secondary N) is 3. The van der Waals surface area contributed by atoms with E-state index in [-0.39, 0.29) is 24.2 Å². The first-order valence-corrected chi connectivity index (χ1v) is 13.2. The Hall–Kier alpha value is -4.47. The first-order chi connectivity index (χ1) is 18.9. The number of primary amides is 1. The number of rotatable bonds is 15. The van der Waals surface area contributed by atoms with Gasteiger partial charge in [-0.3, -0.25) is 9.59 Å². The summed E-state index contributed by atoms with van der Waals surface area (Å²) in [5.41, 5.74) is 10.4. The minimum absolute atomic E-state index is 0.146. The quantitative estimate of drug-likeness (QED) is 0.176. The van der Waals surface area contributed by atoms with Gasteiger partial charge in [0.1, 0.15) is 0 Å². The van der Waals surface area contributed by atoms with Crippen LogP contribution in [0.5, 0.6) is 0 Å².